The van der Waals surface area contributed by atoms with Crippen LogP contribution in [0.15, 0.2) is 6.20 Å². The maximum absolute atomic E-state index is 3.94. The number of aromatic nitrogens is 2. The van der Waals surface area contributed by atoms with Crippen LogP contribution in [0.2, 0.25) is 0 Å². The molecular formula is C13H21N3S. The van der Waals surface area contributed by atoms with Crippen molar-refractivity contribution in [1.82, 2.24) is 14.5 Å². The molecule has 3 nitrogen and oxygen atoms in total. The first kappa shape index (κ1) is 11.6. The van der Waals surface area contributed by atoms with Crippen LogP contribution in [-0.4, -0.2) is 27.6 Å². The number of rotatable bonds is 3. The van der Waals surface area contributed by atoms with Gasteiger partial charge in [0, 0.05) is 6.54 Å². The van der Waals surface area contributed by atoms with Crippen molar-refractivity contribution in [2.75, 3.05) is 13.1 Å². The van der Waals surface area contributed by atoms with E-state index in [1.807, 2.05) is 6.20 Å². The second kappa shape index (κ2) is 5.44. The molecule has 17 heavy (non-hydrogen) atoms. The van der Waals surface area contributed by atoms with Gasteiger partial charge in [0.25, 0.3) is 0 Å². The molecule has 1 aromatic rings. The minimum atomic E-state index is 1.02. The van der Waals surface area contributed by atoms with E-state index < -0.39 is 0 Å². The van der Waals surface area contributed by atoms with Gasteiger partial charge in [0.05, 0.1) is 11.1 Å². The number of nitrogens with zero attached hydrogens (tertiary/aromatic N) is 3. The minimum Gasteiger partial charge on any atom is -0.298 e. The van der Waals surface area contributed by atoms with Gasteiger partial charge in [-0.25, -0.2) is 0 Å². The van der Waals surface area contributed by atoms with E-state index in [9.17, 15) is 0 Å². The monoisotopic (exact) mass is 251 g/mol. The fourth-order valence-electron chi connectivity index (χ4n) is 3.20. The highest BCUT2D eigenvalue weighted by molar-refractivity contribution is 7.05. The predicted octanol–water partition coefficient (Wildman–Crippen LogP) is 2.94. The SMILES string of the molecule is c1nnsc1CN1CCCC(C2CCC2)CC1. The maximum Gasteiger partial charge on any atom is 0.0666 e. The van der Waals surface area contributed by atoms with E-state index in [1.165, 1.54) is 56.5 Å². The molecule has 0 bridgehead atoms. The van der Waals surface area contributed by atoms with Crippen molar-refractivity contribution in [2.45, 2.75) is 45.1 Å². The van der Waals surface area contributed by atoms with E-state index in [-0.39, 0.29) is 0 Å². The van der Waals surface area contributed by atoms with Gasteiger partial charge in [0.2, 0.25) is 0 Å². The normalized spacial score (nSPS) is 27.6. The van der Waals surface area contributed by atoms with Crippen molar-refractivity contribution in [3.05, 3.63) is 11.1 Å². The Morgan fingerprint density at radius 1 is 1.12 bits per heavy atom. The number of likely N-dealkylation sites (tertiary alicyclic amines) is 1. The molecule has 3 rings (SSSR count). The van der Waals surface area contributed by atoms with Gasteiger partial charge in [0.15, 0.2) is 0 Å². The third-order valence-electron chi connectivity index (χ3n) is 4.47. The highest BCUT2D eigenvalue weighted by atomic mass is 32.1. The molecule has 0 radical (unpaired) electrons. The van der Waals surface area contributed by atoms with Crippen LogP contribution in [-0.2, 0) is 6.54 Å². The van der Waals surface area contributed by atoms with Crippen LogP contribution in [0, 0.1) is 11.8 Å². The van der Waals surface area contributed by atoms with Crippen LogP contribution in [0.5, 0.6) is 0 Å². The zero-order valence-electron chi connectivity index (χ0n) is 10.3. The average Bonchev–Trinajstić information content (AvgIpc) is 2.65. The quantitative estimate of drug-likeness (QED) is 0.827. The van der Waals surface area contributed by atoms with Crippen molar-refractivity contribution in [1.29, 1.82) is 0 Å². The Hall–Kier alpha value is -0.480. The van der Waals surface area contributed by atoms with Crippen molar-refractivity contribution in [3.63, 3.8) is 0 Å². The Morgan fingerprint density at radius 2 is 1.94 bits per heavy atom. The summed E-state index contributed by atoms with van der Waals surface area (Å²) in [6, 6.07) is 0. The summed E-state index contributed by atoms with van der Waals surface area (Å²) in [6.07, 6.45) is 10.7. The van der Waals surface area contributed by atoms with Crippen molar-refractivity contribution >= 4 is 11.5 Å². The van der Waals surface area contributed by atoms with Gasteiger partial charge < -0.3 is 0 Å². The summed E-state index contributed by atoms with van der Waals surface area (Å²) in [5.41, 5.74) is 0. The average molecular weight is 251 g/mol. The van der Waals surface area contributed by atoms with Gasteiger partial charge in [-0.05, 0) is 55.7 Å². The molecule has 1 saturated heterocycles. The van der Waals surface area contributed by atoms with Crippen LogP contribution in [0.3, 0.4) is 0 Å². The van der Waals surface area contributed by atoms with Gasteiger partial charge in [0.1, 0.15) is 0 Å². The smallest absolute Gasteiger partial charge is 0.0666 e. The topological polar surface area (TPSA) is 29.0 Å². The van der Waals surface area contributed by atoms with Crippen LogP contribution < -0.4 is 0 Å². The van der Waals surface area contributed by atoms with Gasteiger partial charge in [-0.1, -0.05) is 23.8 Å². The van der Waals surface area contributed by atoms with Crippen molar-refractivity contribution in [2.24, 2.45) is 11.8 Å². The van der Waals surface area contributed by atoms with Gasteiger partial charge in [-0.2, -0.15) is 0 Å². The number of hydrogen-bond donors (Lipinski definition) is 0. The van der Waals surface area contributed by atoms with E-state index in [4.69, 9.17) is 0 Å². The second-order valence-electron chi connectivity index (χ2n) is 5.54. The highest BCUT2D eigenvalue weighted by Crippen LogP contribution is 2.38. The van der Waals surface area contributed by atoms with Crippen LogP contribution in [0.25, 0.3) is 0 Å². The summed E-state index contributed by atoms with van der Waals surface area (Å²) in [7, 11) is 0. The van der Waals surface area contributed by atoms with Crippen molar-refractivity contribution in [3.8, 4) is 0 Å². The lowest BCUT2D eigenvalue weighted by Gasteiger charge is -2.33. The third-order valence-corrected chi connectivity index (χ3v) is 5.11. The Balaban J connectivity index is 1.51. The summed E-state index contributed by atoms with van der Waals surface area (Å²) in [4.78, 5) is 3.90. The molecule has 0 spiro atoms. The lowest BCUT2D eigenvalue weighted by atomic mass is 9.73. The Kier molecular flexibility index (Phi) is 3.71. The fourth-order valence-corrected chi connectivity index (χ4v) is 3.73. The van der Waals surface area contributed by atoms with E-state index in [0.717, 1.165) is 18.4 Å². The largest absolute Gasteiger partial charge is 0.298 e. The molecule has 1 aliphatic carbocycles. The first-order valence-electron chi connectivity index (χ1n) is 6.90. The Bertz CT molecular complexity index is 334. The van der Waals surface area contributed by atoms with Gasteiger partial charge in [-0.3, -0.25) is 4.90 Å². The van der Waals surface area contributed by atoms with E-state index in [1.54, 1.807) is 11.5 Å². The van der Waals surface area contributed by atoms with Crippen LogP contribution in [0.4, 0.5) is 0 Å². The lowest BCUT2D eigenvalue weighted by Crippen LogP contribution is -2.26. The second-order valence-corrected chi connectivity index (χ2v) is 6.41. The molecule has 2 aliphatic rings. The standard InChI is InChI=1S/C13H21N3S/c1-3-11(4-1)12-5-2-7-16(8-6-12)10-13-9-14-15-17-13/h9,11-12H,1-8,10H2. The van der Waals surface area contributed by atoms with Gasteiger partial charge in [-0.15, -0.1) is 5.10 Å². The first-order chi connectivity index (χ1) is 8.42. The molecule has 2 heterocycles. The minimum absolute atomic E-state index is 1.02. The summed E-state index contributed by atoms with van der Waals surface area (Å²) in [5, 5.41) is 3.92. The van der Waals surface area contributed by atoms with Gasteiger partial charge >= 0.3 is 0 Å². The lowest BCUT2D eigenvalue weighted by molar-refractivity contribution is 0.184. The molecule has 0 amide bonds. The zero-order chi connectivity index (χ0) is 11.5. The zero-order valence-corrected chi connectivity index (χ0v) is 11.2. The molecule has 94 valence electrons. The molecule has 4 heteroatoms. The molecule has 0 N–H and O–H groups in total. The summed E-state index contributed by atoms with van der Waals surface area (Å²) in [5.74, 6) is 2.09. The fraction of sp³-hybridized carbons (Fsp3) is 0.846. The van der Waals surface area contributed by atoms with E-state index >= 15 is 0 Å². The Morgan fingerprint density at radius 3 is 2.65 bits per heavy atom. The molecule has 1 aromatic heterocycles. The van der Waals surface area contributed by atoms with E-state index in [0.29, 0.717) is 0 Å². The molecule has 2 fully saturated rings. The molecule has 1 unspecified atom stereocenters. The highest BCUT2D eigenvalue weighted by Gasteiger charge is 2.28. The van der Waals surface area contributed by atoms with Crippen LogP contribution >= 0.6 is 11.5 Å². The molecular weight excluding hydrogens is 230 g/mol. The molecule has 1 saturated carbocycles. The van der Waals surface area contributed by atoms with E-state index in [2.05, 4.69) is 14.5 Å². The summed E-state index contributed by atoms with van der Waals surface area (Å²) in [6.45, 7) is 3.61. The Labute approximate surface area is 107 Å². The van der Waals surface area contributed by atoms with Crippen LogP contribution in [0.1, 0.15) is 43.4 Å². The van der Waals surface area contributed by atoms with Crippen molar-refractivity contribution < 1.29 is 0 Å². The maximum atomic E-state index is 3.94. The molecule has 0 aromatic carbocycles. The first-order valence-corrected chi connectivity index (χ1v) is 7.68. The molecule has 1 atom stereocenters. The number of hydrogen-bond acceptors (Lipinski definition) is 4. The summed E-state index contributed by atoms with van der Waals surface area (Å²) < 4.78 is 3.94. The summed E-state index contributed by atoms with van der Waals surface area (Å²) >= 11 is 1.54. The third kappa shape index (κ3) is 2.86. The molecule has 1 aliphatic heterocycles. The predicted molar refractivity (Wildman–Crippen MR) is 69.9 cm³/mol.